The molecule has 0 aliphatic heterocycles. The van der Waals surface area contributed by atoms with Crippen LogP contribution in [0.2, 0.25) is 0 Å². The highest BCUT2D eigenvalue weighted by Gasteiger charge is 2.14. The van der Waals surface area contributed by atoms with Crippen LogP contribution in [0.5, 0.6) is 0 Å². The fourth-order valence-electron chi connectivity index (χ4n) is 2.00. The Morgan fingerprint density at radius 1 is 1.33 bits per heavy atom. The molecular weight excluding hydrogens is 276 g/mol. The van der Waals surface area contributed by atoms with Gasteiger partial charge in [0.2, 0.25) is 0 Å². The predicted octanol–water partition coefficient (Wildman–Crippen LogP) is -0.334. The van der Waals surface area contributed by atoms with E-state index in [4.69, 9.17) is 5.11 Å². The van der Waals surface area contributed by atoms with Crippen molar-refractivity contribution in [3.05, 3.63) is 46.7 Å². The van der Waals surface area contributed by atoms with Crippen molar-refractivity contribution in [3.63, 3.8) is 0 Å². The molecule has 0 amide bonds. The SMILES string of the molecule is Cn1ncc2c(=O)n(Cc3ncncc3C(=O)O)cnc21. The molecule has 21 heavy (non-hydrogen) atoms. The Labute approximate surface area is 117 Å². The van der Waals surface area contributed by atoms with Gasteiger partial charge in [0.15, 0.2) is 5.65 Å². The molecule has 0 saturated carbocycles. The van der Waals surface area contributed by atoms with Gasteiger partial charge in [-0.3, -0.25) is 14.0 Å². The number of aromatic nitrogens is 6. The molecular formula is C12H10N6O3. The zero-order chi connectivity index (χ0) is 15.0. The van der Waals surface area contributed by atoms with Crippen LogP contribution in [0.4, 0.5) is 0 Å². The summed E-state index contributed by atoms with van der Waals surface area (Å²) < 4.78 is 2.78. The summed E-state index contributed by atoms with van der Waals surface area (Å²) in [5.41, 5.74) is 0.362. The number of fused-ring (bicyclic) bond motifs is 1. The standard InChI is InChI=1S/C12H10N6O3/c1-17-10-8(3-16-17)11(19)18(6-15-10)4-9-7(12(20)21)2-13-5-14-9/h2-3,5-6H,4H2,1H3,(H,20,21). The molecule has 106 valence electrons. The van der Waals surface area contributed by atoms with Gasteiger partial charge in [0.25, 0.3) is 5.56 Å². The maximum atomic E-state index is 12.3. The lowest BCUT2D eigenvalue weighted by atomic mass is 10.2. The first-order valence-electron chi connectivity index (χ1n) is 5.97. The van der Waals surface area contributed by atoms with Crippen LogP contribution >= 0.6 is 0 Å². The summed E-state index contributed by atoms with van der Waals surface area (Å²) in [6.07, 6.45) is 5.22. The minimum absolute atomic E-state index is 0.000814. The highest BCUT2D eigenvalue weighted by atomic mass is 16.4. The number of hydrogen-bond acceptors (Lipinski definition) is 6. The molecule has 3 aromatic heterocycles. The molecule has 0 unspecified atom stereocenters. The lowest BCUT2D eigenvalue weighted by Crippen LogP contribution is -2.22. The second kappa shape index (κ2) is 4.78. The van der Waals surface area contributed by atoms with E-state index in [0.717, 1.165) is 0 Å². The smallest absolute Gasteiger partial charge is 0.339 e. The Hall–Kier alpha value is -3.10. The first-order chi connectivity index (χ1) is 10.1. The minimum Gasteiger partial charge on any atom is -0.478 e. The molecule has 0 spiro atoms. The van der Waals surface area contributed by atoms with Crippen LogP contribution in [0.3, 0.4) is 0 Å². The largest absolute Gasteiger partial charge is 0.478 e. The number of carboxylic acids is 1. The molecule has 0 fully saturated rings. The van der Waals surface area contributed by atoms with Gasteiger partial charge in [0.05, 0.1) is 18.4 Å². The third kappa shape index (κ3) is 2.14. The van der Waals surface area contributed by atoms with Crippen molar-refractivity contribution < 1.29 is 9.90 Å². The van der Waals surface area contributed by atoms with Crippen LogP contribution in [0.1, 0.15) is 16.1 Å². The summed E-state index contributed by atoms with van der Waals surface area (Å²) >= 11 is 0. The van der Waals surface area contributed by atoms with Crippen LogP contribution in [-0.4, -0.2) is 40.4 Å². The van der Waals surface area contributed by atoms with Crippen molar-refractivity contribution in [2.45, 2.75) is 6.54 Å². The van der Waals surface area contributed by atoms with Gasteiger partial charge in [-0.1, -0.05) is 0 Å². The van der Waals surface area contributed by atoms with Crippen molar-refractivity contribution in [3.8, 4) is 0 Å². The van der Waals surface area contributed by atoms with E-state index in [1.807, 2.05) is 0 Å². The molecule has 0 radical (unpaired) electrons. The molecule has 0 aromatic carbocycles. The van der Waals surface area contributed by atoms with Crippen molar-refractivity contribution in [2.24, 2.45) is 7.05 Å². The quantitative estimate of drug-likeness (QED) is 0.700. The van der Waals surface area contributed by atoms with E-state index < -0.39 is 5.97 Å². The average Bonchev–Trinajstić information content (AvgIpc) is 2.84. The number of carboxylic acid groups (broad SMARTS) is 1. The predicted molar refractivity (Wildman–Crippen MR) is 70.9 cm³/mol. The number of rotatable bonds is 3. The Morgan fingerprint density at radius 2 is 2.14 bits per heavy atom. The van der Waals surface area contributed by atoms with Gasteiger partial charge < -0.3 is 5.11 Å². The second-order valence-corrected chi connectivity index (χ2v) is 4.37. The Kier molecular flexibility index (Phi) is 2.94. The van der Waals surface area contributed by atoms with E-state index in [9.17, 15) is 9.59 Å². The average molecular weight is 286 g/mol. The van der Waals surface area contributed by atoms with Crippen molar-refractivity contribution in [2.75, 3.05) is 0 Å². The second-order valence-electron chi connectivity index (χ2n) is 4.37. The van der Waals surface area contributed by atoms with Crippen molar-refractivity contribution in [1.29, 1.82) is 0 Å². The van der Waals surface area contributed by atoms with Gasteiger partial charge in [-0.15, -0.1) is 0 Å². The van der Waals surface area contributed by atoms with Gasteiger partial charge in [0, 0.05) is 13.2 Å². The number of carbonyl (C=O) groups is 1. The van der Waals surface area contributed by atoms with E-state index in [0.29, 0.717) is 11.0 Å². The van der Waals surface area contributed by atoms with Gasteiger partial charge in [-0.05, 0) is 0 Å². The van der Waals surface area contributed by atoms with Crippen LogP contribution in [0.15, 0.2) is 29.8 Å². The van der Waals surface area contributed by atoms with E-state index >= 15 is 0 Å². The number of aryl methyl sites for hydroxylation is 1. The minimum atomic E-state index is -1.14. The number of nitrogens with zero attached hydrogens (tertiary/aromatic N) is 6. The van der Waals surface area contributed by atoms with E-state index in [-0.39, 0.29) is 23.4 Å². The number of aromatic carboxylic acids is 1. The maximum Gasteiger partial charge on any atom is 0.339 e. The summed E-state index contributed by atoms with van der Waals surface area (Å²) in [4.78, 5) is 35.2. The van der Waals surface area contributed by atoms with Gasteiger partial charge in [-0.2, -0.15) is 5.10 Å². The van der Waals surface area contributed by atoms with Crippen LogP contribution in [-0.2, 0) is 13.6 Å². The first kappa shape index (κ1) is 12.9. The lowest BCUT2D eigenvalue weighted by Gasteiger charge is -2.06. The molecule has 0 aliphatic carbocycles. The van der Waals surface area contributed by atoms with Crippen molar-refractivity contribution in [1.82, 2.24) is 29.3 Å². The molecule has 9 nitrogen and oxygen atoms in total. The molecule has 1 N–H and O–H groups in total. The zero-order valence-corrected chi connectivity index (χ0v) is 11.0. The molecule has 3 rings (SSSR count). The fourth-order valence-corrected chi connectivity index (χ4v) is 2.00. The van der Waals surface area contributed by atoms with E-state index in [1.54, 1.807) is 7.05 Å². The summed E-state index contributed by atoms with van der Waals surface area (Å²) in [7, 11) is 1.69. The number of hydrogen-bond donors (Lipinski definition) is 1. The van der Waals surface area contributed by atoms with Crippen molar-refractivity contribution >= 4 is 17.0 Å². The Morgan fingerprint density at radius 3 is 2.90 bits per heavy atom. The Balaban J connectivity index is 2.09. The van der Waals surface area contributed by atoms with Gasteiger partial charge in [0.1, 0.15) is 23.6 Å². The van der Waals surface area contributed by atoms with Crippen LogP contribution in [0.25, 0.3) is 11.0 Å². The van der Waals surface area contributed by atoms with E-state index in [2.05, 4.69) is 20.1 Å². The highest BCUT2D eigenvalue weighted by molar-refractivity contribution is 5.88. The topological polar surface area (TPSA) is 116 Å². The van der Waals surface area contributed by atoms with E-state index in [1.165, 1.54) is 34.3 Å². The van der Waals surface area contributed by atoms with Gasteiger partial charge in [-0.25, -0.2) is 19.7 Å². The third-order valence-corrected chi connectivity index (χ3v) is 3.06. The monoisotopic (exact) mass is 286 g/mol. The lowest BCUT2D eigenvalue weighted by molar-refractivity contribution is 0.0694. The first-order valence-corrected chi connectivity index (χ1v) is 5.97. The molecule has 0 atom stereocenters. The molecule has 9 heteroatoms. The van der Waals surface area contributed by atoms with Crippen LogP contribution in [0, 0.1) is 0 Å². The highest BCUT2D eigenvalue weighted by Crippen LogP contribution is 2.07. The fraction of sp³-hybridized carbons (Fsp3) is 0.167. The normalized spacial score (nSPS) is 10.9. The molecule has 3 heterocycles. The van der Waals surface area contributed by atoms with Gasteiger partial charge >= 0.3 is 5.97 Å². The summed E-state index contributed by atoms with van der Waals surface area (Å²) in [5, 5.41) is 13.4. The summed E-state index contributed by atoms with van der Waals surface area (Å²) in [6.45, 7) is 0.000814. The molecule has 0 saturated heterocycles. The molecule has 0 aliphatic rings. The van der Waals surface area contributed by atoms with Crippen LogP contribution < -0.4 is 5.56 Å². The zero-order valence-electron chi connectivity index (χ0n) is 11.0. The molecule has 0 bridgehead atoms. The maximum absolute atomic E-state index is 12.3. The third-order valence-electron chi connectivity index (χ3n) is 3.06. The summed E-state index contributed by atoms with van der Waals surface area (Å²) in [6, 6.07) is 0. The summed E-state index contributed by atoms with van der Waals surface area (Å²) in [5.74, 6) is -1.14. The molecule has 3 aromatic rings. The Bertz CT molecular complexity index is 897.